The van der Waals surface area contributed by atoms with Crippen LogP contribution >= 0.6 is 0 Å². The largest absolute Gasteiger partial charge is 0.393 e. The smallest absolute Gasteiger partial charge is 0.243 e. The third-order valence-electron chi connectivity index (χ3n) is 12.8. The summed E-state index contributed by atoms with van der Waals surface area (Å²) in [5, 5.41) is 39.3. The molecule has 0 aromatic carbocycles. The molecule has 42 heavy (non-hydrogen) atoms. The van der Waals surface area contributed by atoms with Gasteiger partial charge in [-0.3, -0.25) is 9.59 Å². The van der Waals surface area contributed by atoms with Gasteiger partial charge >= 0.3 is 0 Å². The zero-order valence-corrected chi connectivity index (χ0v) is 26.0. The molecule has 0 bridgehead atoms. The second kappa shape index (κ2) is 12.0. The molecule has 0 radical (unpaired) electrons. The molecule has 0 spiro atoms. The number of hydrogen-bond acceptors (Lipinski definition) is 7. The molecule has 5 aliphatic rings. The van der Waals surface area contributed by atoms with Crippen molar-refractivity contribution < 1.29 is 24.9 Å². The van der Waals surface area contributed by atoms with Gasteiger partial charge in [0.25, 0.3) is 0 Å². The number of carbonyl (C=O) groups excluding carboxylic acids is 2. The molecule has 236 valence electrons. The number of aliphatic hydroxyl groups is 3. The Morgan fingerprint density at radius 1 is 1.02 bits per heavy atom. The zero-order chi connectivity index (χ0) is 30.4. The highest BCUT2D eigenvalue weighted by Crippen LogP contribution is 2.68. The summed E-state index contributed by atoms with van der Waals surface area (Å²) in [5.41, 5.74) is 5.68. The highest BCUT2D eigenvalue weighted by Gasteiger charge is 2.65. The second-order valence-electron chi connectivity index (χ2n) is 15.2. The van der Waals surface area contributed by atoms with Gasteiger partial charge in [0, 0.05) is 6.42 Å². The number of amides is 2. The van der Waals surface area contributed by atoms with Crippen LogP contribution in [-0.4, -0.2) is 63.7 Å². The number of hydrazine groups is 1. The molecule has 1 heterocycles. The van der Waals surface area contributed by atoms with Crippen molar-refractivity contribution in [2.45, 2.75) is 128 Å². The highest BCUT2D eigenvalue weighted by molar-refractivity contribution is 5.87. The second-order valence-corrected chi connectivity index (χ2v) is 15.2. The molecule has 0 aromatic heterocycles. The van der Waals surface area contributed by atoms with Gasteiger partial charge in [0.05, 0.1) is 30.5 Å². The van der Waals surface area contributed by atoms with E-state index in [0.717, 1.165) is 38.5 Å². The normalized spacial score (nSPS) is 43.1. The van der Waals surface area contributed by atoms with Gasteiger partial charge in [0.1, 0.15) is 6.04 Å². The van der Waals surface area contributed by atoms with Crippen LogP contribution < -0.4 is 21.5 Å². The van der Waals surface area contributed by atoms with Gasteiger partial charge in [-0.05, 0) is 117 Å². The highest BCUT2D eigenvalue weighted by atomic mass is 16.3. The molecule has 9 heteroatoms. The fourth-order valence-electron chi connectivity index (χ4n) is 10.2. The van der Waals surface area contributed by atoms with Crippen LogP contribution in [0.2, 0.25) is 0 Å². The summed E-state index contributed by atoms with van der Waals surface area (Å²) in [5.74, 6) is 3.49. The molecule has 4 saturated carbocycles. The molecule has 5 fully saturated rings. The van der Waals surface area contributed by atoms with E-state index in [4.69, 9.17) is 6.42 Å². The minimum absolute atomic E-state index is 0.0549. The Labute approximate surface area is 251 Å². The standard InChI is InChI=1S/C33H54N4O5/c1-6-15-34-30(42)25(12-14-32(4)36-37-32)35-28(41)10-7-19(2)22-8-9-23-29-24(18-27(40)33(22,23)5)31(3)13-11-21(38)16-20(31)17-26(29)39/h1,19-27,29,36-40H,7-18H2,2-5H3,(H,34,42)(H,35,41)/t19-,20+,21-,22-,23+,24+,25?,26-,27+,29+,31+,33-/m1/s1. The van der Waals surface area contributed by atoms with Gasteiger partial charge < -0.3 is 26.0 Å². The van der Waals surface area contributed by atoms with Gasteiger partial charge in [0.15, 0.2) is 0 Å². The van der Waals surface area contributed by atoms with Crippen LogP contribution in [0.4, 0.5) is 0 Å². The van der Waals surface area contributed by atoms with E-state index in [1.807, 2.05) is 6.92 Å². The SMILES string of the molecule is C#CCNC(=O)C(CCC1(C)NN1)NC(=O)CC[C@@H](C)[C@H]1CC[C@H]2[C@@H]3[C@H](O)C[C@@H]4C[C@H](O)CC[C@]4(C)[C@H]3C[C@H](O)[C@]12C. The molecule has 4 aliphatic carbocycles. The minimum atomic E-state index is -0.647. The van der Waals surface area contributed by atoms with Crippen LogP contribution in [0.25, 0.3) is 0 Å². The Hall–Kier alpha value is -1.70. The van der Waals surface area contributed by atoms with Crippen LogP contribution in [0, 0.1) is 58.7 Å². The number of fused-ring (bicyclic) bond motifs is 5. The minimum Gasteiger partial charge on any atom is -0.393 e. The van der Waals surface area contributed by atoms with Crippen LogP contribution in [-0.2, 0) is 9.59 Å². The Morgan fingerprint density at radius 3 is 2.45 bits per heavy atom. The summed E-state index contributed by atoms with van der Waals surface area (Å²) in [4.78, 5) is 25.8. The Bertz CT molecular complexity index is 1060. The van der Waals surface area contributed by atoms with Gasteiger partial charge in [-0.2, -0.15) is 0 Å². The van der Waals surface area contributed by atoms with Crippen molar-refractivity contribution in [3.05, 3.63) is 0 Å². The maximum atomic E-state index is 13.1. The number of terminal acetylenes is 1. The molecular formula is C33H54N4O5. The number of aliphatic hydroxyl groups excluding tert-OH is 3. The molecule has 0 aromatic rings. The van der Waals surface area contributed by atoms with Gasteiger partial charge in [0.2, 0.25) is 11.8 Å². The van der Waals surface area contributed by atoms with Crippen molar-refractivity contribution in [3.63, 3.8) is 0 Å². The molecule has 5 rings (SSSR count). The van der Waals surface area contributed by atoms with Gasteiger partial charge in [-0.15, -0.1) is 6.42 Å². The first-order valence-corrected chi connectivity index (χ1v) is 16.4. The molecule has 7 N–H and O–H groups in total. The predicted octanol–water partition coefficient (Wildman–Crippen LogP) is 2.20. The molecule has 1 aliphatic heterocycles. The molecular weight excluding hydrogens is 532 g/mol. The zero-order valence-electron chi connectivity index (χ0n) is 26.0. The molecule has 2 amide bonds. The Morgan fingerprint density at radius 2 is 1.76 bits per heavy atom. The van der Waals surface area contributed by atoms with Crippen molar-refractivity contribution >= 4 is 11.8 Å². The third-order valence-corrected chi connectivity index (χ3v) is 12.8. The van der Waals surface area contributed by atoms with E-state index in [0.29, 0.717) is 38.0 Å². The van der Waals surface area contributed by atoms with Crippen LogP contribution in [0.1, 0.15) is 98.3 Å². The lowest BCUT2D eigenvalue weighted by Crippen LogP contribution is -2.62. The summed E-state index contributed by atoms with van der Waals surface area (Å²) in [6.45, 7) is 8.93. The number of carbonyl (C=O) groups is 2. The van der Waals surface area contributed by atoms with Gasteiger partial charge in [-0.1, -0.05) is 26.7 Å². The maximum Gasteiger partial charge on any atom is 0.243 e. The van der Waals surface area contributed by atoms with Crippen molar-refractivity contribution in [1.82, 2.24) is 21.5 Å². The van der Waals surface area contributed by atoms with Gasteiger partial charge in [-0.25, -0.2) is 10.9 Å². The lowest BCUT2D eigenvalue weighted by molar-refractivity contribution is -0.207. The van der Waals surface area contributed by atoms with E-state index >= 15 is 0 Å². The number of nitrogens with one attached hydrogen (secondary N) is 4. The summed E-state index contributed by atoms with van der Waals surface area (Å²) >= 11 is 0. The monoisotopic (exact) mass is 586 g/mol. The first kappa shape index (κ1) is 31.7. The lowest BCUT2D eigenvalue weighted by atomic mass is 9.43. The van der Waals surface area contributed by atoms with Crippen molar-refractivity contribution in [2.24, 2.45) is 46.3 Å². The van der Waals surface area contributed by atoms with E-state index in [1.165, 1.54) is 0 Å². The summed E-state index contributed by atoms with van der Waals surface area (Å²) < 4.78 is 0. The Kier molecular flexibility index (Phi) is 9.06. The molecule has 1 saturated heterocycles. The van der Waals surface area contributed by atoms with Crippen molar-refractivity contribution in [2.75, 3.05) is 6.54 Å². The predicted molar refractivity (Wildman–Crippen MR) is 160 cm³/mol. The average Bonchev–Trinajstić information content (AvgIpc) is 3.57. The number of hydrogen-bond donors (Lipinski definition) is 7. The first-order chi connectivity index (χ1) is 19.8. The third kappa shape index (κ3) is 5.87. The molecule has 1 unspecified atom stereocenters. The van der Waals surface area contributed by atoms with E-state index < -0.39 is 18.2 Å². The Balaban J connectivity index is 1.21. The first-order valence-electron chi connectivity index (χ1n) is 16.4. The molecule has 9 nitrogen and oxygen atoms in total. The summed E-state index contributed by atoms with van der Waals surface area (Å²) in [6, 6.07) is -0.647. The van der Waals surface area contributed by atoms with E-state index in [2.05, 4.69) is 48.2 Å². The van der Waals surface area contributed by atoms with Crippen LogP contribution in [0.15, 0.2) is 0 Å². The topological polar surface area (TPSA) is 163 Å². The van der Waals surface area contributed by atoms with E-state index in [9.17, 15) is 24.9 Å². The number of rotatable bonds is 10. The lowest BCUT2D eigenvalue weighted by Gasteiger charge is -2.63. The fraction of sp³-hybridized carbons (Fsp3) is 0.879. The quantitative estimate of drug-likeness (QED) is 0.152. The maximum absolute atomic E-state index is 13.1. The van der Waals surface area contributed by atoms with Crippen molar-refractivity contribution in [3.8, 4) is 12.3 Å². The van der Waals surface area contributed by atoms with E-state index in [-0.39, 0.29) is 70.5 Å². The summed E-state index contributed by atoms with van der Waals surface area (Å²) in [7, 11) is 0. The summed E-state index contributed by atoms with van der Waals surface area (Å²) in [6.07, 6.45) is 12.3. The van der Waals surface area contributed by atoms with E-state index in [1.54, 1.807) is 0 Å². The van der Waals surface area contributed by atoms with Crippen LogP contribution in [0.3, 0.4) is 0 Å². The van der Waals surface area contributed by atoms with Crippen LogP contribution in [0.5, 0.6) is 0 Å². The molecule has 12 atom stereocenters. The van der Waals surface area contributed by atoms with Crippen molar-refractivity contribution in [1.29, 1.82) is 0 Å². The fourth-order valence-corrected chi connectivity index (χ4v) is 10.2. The average molecular weight is 587 g/mol.